The van der Waals surface area contributed by atoms with Gasteiger partial charge in [0.1, 0.15) is 0 Å². The molecule has 1 rings (SSSR count). The first-order valence-corrected chi connectivity index (χ1v) is 9.63. The number of rotatable bonds is 10. The Hall–Kier alpha value is -0.970. The Morgan fingerprint density at radius 2 is 1.52 bits per heavy atom. The second-order valence-corrected chi connectivity index (χ2v) is 6.83. The zero-order valence-corrected chi connectivity index (χ0v) is 16.0. The van der Waals surface area contributed by atoms with E-state index in [2.05, 4.69) is 32.6 Å². The van der Waals surface area contributed by atoms with E-state index in [1.165, 1.54) is 62.8 Å². The lowest BCUT2D eigenvalue weighted by atomic mass is 10.1. The molecule has 0 amide bonds. The van der Waals surface area contributed by atoms with E-state index in [4.69, 9.17) is 11.6 Å². The molecule has 0 aromatic heterocycles. The maximum Gasteiger partial charge on any atom is 0.0897 e. The molecule has 128 valence electrons. The van der Waals surface area contributed by atoms with Crippen LogP contribution in [0.15, 0.2) is 24.3 Å². The van der Waals surface area contributed by atoms with Crippen LogP contribution in [-0.4, -0.2) is 30.7 Å². The van der Waals surface area contributed by atoms with Gasteiger partial charge in [-0.05, 0) is 51.0 Å². The van der Waals surface area contributed by atoms with Crippen molar-refractivity contribution in [2.75, 3.05) is 26.2 Å². The summed E-state index contributed by atoms with van der Waals surface area (Å²) in [7, 11) is 0. The first kappa shape index (κ1) is 20.1. The average molecular weight is 335 g/mol. The summed E-state index contributed by atoms with van der Waals surface area (Å²) in [6.45, 7) is 11.8. The molecule has 23 heavy (non-hydrogen) atoms. The summed E-state index contributed by atoms with van der Waals surface area (Å²) in [5.74, 6) is 6.61. The lowest BCUT2D eigenvalue weighted by Crippen LogP contribution is -2.49. The van der Waals surface area contributed by atoms with Crippen LogP contribution in [0.1, 0.15) is 64.9 Å². The van der Waals surface area contributed by atoms with Gasteiger partial charge in [-0.1, -0.05) is 49.6 Å². The van der Waals surface area contributed by atoms with E-state index < -0.39 is 0 Å². The van der Waals surface area contributed by atoms with Gasteiger partial charge in [-0.3, -0.25) is 0 Å². The van der Waals surface area contributed by atoms with Gasteiger partial charge >= 0.3 is 0 Å². The molecule has 0 aliphatic rings. The molecular weight excluding hydrogens is 302 g/mol. The predicted molar refractivity (Wildman–Crippen MR) is 103 cm³/mol. The second-order valence-electron chi connectivity index (χ2n) is 6.39. The van der Waals surface area contributed by atoms with E-state index in [1.54, 1.807) is 0 Å². The molecule has 0 saturated heterocycles. The Labute approximate surface area is 148 Å². The Kier molecular flexibility index (Phi) is 10.1. The average Bonchev–Trinajstić information content (AvgIpc) is 2.58. The van der Waals surface area contributed by atoms with Crippen molar-refractivity contribution in [1.29, 1.82) is 0 Å². The fourth-order valence-electron chi connectivity index (χ4n) is 3.01. The molecule has 2 heteroatoms. The van der Waals surface area contributed by atoms with Gasteiger partial charge in [-0.2, -0.15) is 0 Å². The van der Waals surface area contributed by atoms with Crippen LogP contribution in [0, 0.1) is 11.8 Å². The molecular formula is C21H33ClN+. The molecule has 0 spiro atoms. The Morgan fingerprint density at radius 1 is 0.870 bits per heavy atom. The number of halogens is 1. The zero-order valence-electron chi connectivity index (χ0n) is 15.2. The van der Waals surface area contributed by atoms with Crippen molar-refractivity contribution in [2.24, 2.45) is 0 Å². The number of quaternary nitrogens is 1. The maximum atomic E-state index is 5.90. The third kappa shape index (κ3) is 7.91. The Morgan fingerprint density at radius 3 is 2.13 bits per heavy atom. The number of hydrogen-bond acceptors (Lipinski definition) is 0. The van der Waals surface area contributed by atoms with Crippen molar-refractivity contribution in [3.05, 3.63) is 34.9 Å². The highest BCUT2D eigenvalue weighted by Crippen LogP contribution is 2.13. The topological polar surface area (TPSA) is 0 Å². The molecule has 0 unspecified atom stereocenters. The van der Waals surface area contributed by atoms with Crippen LogP contribution >= 0.6 is 11.6 Å². The summed E-state index contributed by atoms with van der Waals surface area (Å²) >= 11 is 5.90. The summed E-state index contributed by atoms with van der Waals surface area (Å²) < 4.78 is 1.21. The van der Waals surface area contributed by atoms with Gasteiger partial charge < -0.3 is 4.48 Å². The molecule has 0 radical (unpaired) electrons. The third-order valence-electron chi connectivity index (χ3n) is 4.87. The normalized spacial score (nSPS) is 11.1. The van der Waals surface area contributed by atoms with E-state index >= 15 is 0 Å². The molecule has 0 N–H and O–H groups in total. The molecule has 0 aliphatic heterocycles. The summed E-state index contributed by atoms with van der Waals surface area (Å²) in [4.78, 5) is 0. The molecule has 0 heterocycles. The van der Waals surface area contributed by atoms with Crippen molar-refractivity contribution in [3.8, 4) is 11.8 Å². The van der Waals surface area contributed by atoms with Gasteiger partial charge in [0, 0.05) is 10.6 Å². The molecule has 0 saturated carbocycles. The highest BCUT2D eigenvalue weighted by Gasteiger charge is 2.21. The Balaban J connectivity index is 2.44. The van der Waals surface area contributed by atoms with Gasteiger partial charge in [-0.15, -0.1) is 0 Å². The van der Waals surface area contributed by atoms with Crippen LogP contribution in [-0.2, 0) is 0 Å². The van der Waals surface area contributed by atoms with Crippen LogP contribution in [0.5, 0.6) is 0 Å². The zero-order chi connectivity index (χ0) is 17.0. The van der Waals surface area contributed by atoms with Crippen molar-refractivity contribution in [3.63, 3.8) is 0 Å². The van der Waals surface area contributed by atoms with Crippen molar-refractivity contribution < 1.29 is 4.48 Å². The van der Waals surface area contributed by atoms with E-state index in [9.17, 15) is 0 Å². The van der Waals surface area contributed by atoms with Gasteiger partial charge in [0.05, 0.1) is 32.6 Å². The molecule has 1 aromatic carbocycles. The standard InChI is InChI=1S/C21H33ClN/c1-4-7-8-9-11-18-23(5-2,6-3)19-12-10-13-20-14-16-21(22)17-15-20/h14-17H,4-9,11-12,18-19H2,1-3H3/q+1. The first-order chi connectivity index (χ1) is 11.2. The summed E-state index contributed by atoms with van der Waals surface area (Å²) in [5, 5.41) is 0.770. The molecule has 0 atom stereocenters. The molecule has 0 bridgehead atoms. The molecule has 1 nitrogen and oxygen atoms in total. The van der Waals surface area contributed by atoms with Gasteiger partial charge in [-0.25, -0.2) is 0 Å². The van der Waals surface area contributed by atoms with Crippen LogP contribution in [0.4, 0.5) is 0 Å². The number of hydrogen-bond donors (Lipinski definition) is 0. The molecule has 0 fully saturated rings. The summed E-state index contributed by atoms with van der Waals surface area (Å²) in [6.07, 6.45) is 7.79. The lowest BCUT2D eigenvalue weighted by Gasteiger charge is -2.36. The number of unbranched alkanes of at least 4 members (excludes halogenated alkanes) is 4. The van der Waals surface area contributed by atoms with Crippen LogP contribution in [0.25, 0.3) is 0 Å². The quantitative estimate of drug-likeness (QED) is 0.283. The van der Waals surface area contributed by atoms with Crippen LogP contribution in [0.2, 0.25) is 5.02 Å². The van der Waals surface area contributed by atoms with E-state index in [1.807, 2.05) is 24.3 Å². The fraction of sp³-hybridized carbons (Fsp3) is 0.619. The number of nitrogens with zero attached hydrogens (tertiary/aromatic N) is 1. The first-order valence-electron chi connectivity index (χ1n) is 9.25. The van der Waals surface area contributed by atoms with Crippen molar-refractivity contribution in [2.45, 2.75) is 59.3 Å². The van der Waals surface area contributed by atoms with Crippen molar-refractivity contribution in [1.82, 2.24) is 0 Å². The molecule has 1 aromatic rings. The second kappa shape index (κ2) is 11.5. The SMILES string of the molecule is CCCCCCC[N+](CC)(CC)CCC#Cc1ccc(Cl)cc1. The molecule has 0 aliphatic carbocycles. The summed E-state index contributed by atoms with van der Waals surface area (Å²) in [5.41, 5.74) is 1.06. The third-order valence-corrected chi connectivity index (χ3v) is 5.12. The van der Waals surface area contributed by atoms with Crippen LogP contribution in [0.3, 0.4) is 0 Å². The van der Waals surface area contributed by atoms with E-state index in [-0.39, 0.29) is 0 Å². The van der Waals surface area contributed by atoms with Gasteiger partial charge in [0.25, 0.3) is 0 Å². The van der Waals surface area contributed by atoms with Gasteiger partial charge in [0.15, 0.2) is 0 Å². The fourth-order valence-corrected chi connectivity index (χ4v) is 3.14. The van der Waals surface area contributed by atoms with E-state index in [0.29, 0.717) is 0 Å². The minimum atomic E-state index is 0.770. The van der Waals surface area contributed by atoms with Crippen molar-refractivity contribution >= 4 is 11.6 Å². The summed E-state index contributed by atoms with van der Waals surface area (Å²) in [6, 6.07) is 7.79. The minimum Gasteiger partial charge on any atom is -0.323 e. The number of benzene rings is 1. The van der Waals surface area contributed by atoms with Gasteiger partial charge in [0.2, 0.25) is 0 Å². The highest BCUT2D eigenvalue weighted by molar-refractivity contribution is 6.30. The van der Waals surface area contributed by atoms with E-state index in [0.717, 1.165) is 17.0 Å². The minimum absolute atomic E-state index is 0.770. The monoisotopic (exact) mass is 334 g/mol. The largest absolute Gasteiger partial charge is 0.323 e. The highest BCUT2D eigenvalue weighted by atomic mass is 35.5. The van der Waals surface area contributed by atoms with Crippen LogP contribution < -0.4 is 0 Å². The lowest BCUT2D eigenvalue weighted by molar-refractivity contribution is -0.924. The maximum absolute atomic E-state index is 5.90. The smallest absolute Gasteiger partial charge is 0.0897 e. The Bertz CT molecular complexity index is 477. The predicted octanol–water partition coefficient (Wildman–Crippen LogP) is 5.91.